The Morgan fingerprint density at radius 1 is 0.938 bits per heavy atom. The lowest BCUT2D eigenvalue weighted by Gasteiger charge is -2.11. The molecular formula is C26H21NO5. The van der Waals surface area contributed by atoms with Gasteiger partial charge in [0.05, 0.1) is 25.5 Å². The molecule has 1 aromatic heterocycles. The van der Waals surface area contributed by atoms with Crippen LogP contribution in [0.5, 0.6) is 11.5 Å². The van der Waals surface area contributed by atoms with E-state index in [9.17, 15) is 9.59 Å². The molecule has 0 aliphatic rings. The Bertz CT molecular complexity index is 1350. The van der Waals surface area contributed by atoms with Crippen molar-refractivity contribution in [2.24, 2.45) is 0 Å². The molecular weight excluding hydrogens is 406 g/mol. The number of rotatable bonds is 6. The lowest BCUT2D eigenvalue weighted by Crippen LogP contribution is -2.09. The molecule has 160 valence electrons. The maximum absolute atomic E-state index is 12.5. The Hall–Kier alpha value is -4.32. The van der Waals surface area contributed by atoms with Gasteiger partial charge in [-0.2, -0.15) is 0 Å². The number of nitrogens with one attached hydrogen (secondary N) is 1. The third kappa shape index (κ3) is 4.54. The van der Waals surface area contributed by atoms with Gasteiger partial charge in [-0.15, -0.1) is 0 Å². The Morgan fingerprint density at radius 3 is 2.47 bits per heavy atom. The van der Waals surface area contributed by atoms with Crippen LogP contribution in [0.3, 0.4) is 0 Å². The summed E-state index contributed by atoms with van der Waals surface area (Å²) in [6.07, 6.45) is 3.13. The summed E-state index contributed by atoms with van der Waals surface area (Å²) in [5, 5.41) is 3.62. The molecule has 1 N–H and O–H groups in total. The second-order valence-corrected chi connectivity index (χ2v) is 7.00. The normalized spacial score (nSPS) is 10.9. The fourth-order valence-electron chi connectivity index (χ4n) is 3.30. The molecule has 3 aromatic carbocycles. The summed E-state index contributed by atoms with van der Waals surface area (Å²) in [7, 11) is 3.11. The van der Waals surface area contributed by atoms with Crippen LogP contribution in [0.15, 0.2) is 88.1 Å². The standard InChI is InChI=1S/C26H21NO5/c1-30-20-11-7-17(8-12-20)9-14-25(28)27-22-16-18(10-13-24(22)31-2)21-15-19-5-3-4-6-23(19)32-26(21)29/h3-16H,1-2H3,(H,27,28). The van der Waals surface area contributed by atoms with Gasteiger partial charge in [-0.3, -0.25) is 4.79 Å². The lowest BCUT2D eigenvalue weighted by molar-refractivity contribution is -0.111. The first-order chi connectivity index (χ1) is 15.6. The number of carbonyl (C=O) groups excluding carboxylic acids is 1. The highest BCUT2D eigenvalue weighted by Gasteiger charge is 2.12. The van der Waals surface area contributed by atoms with Crippen molar-refractivity contribution < 1.29 is 18.7 Å². The number of fused-ring (bicyclic) bond motifs is 1. The average molecular weight is 427 g/mol. The number of methoxy groups -OCH3 is 2. The van der Waals surface area contributed by atoms with Gasteiger partial charge in [0.25, 0.3) is 0 Å². The van der Waals surface area contributed by atoms with Gasteiger partial charge < -0.3 is 19.2 Å². The van der Waals surface area contributed by atoms with Crippen LogP contribution in [0.2, 0.25) is 0 Å². The Morgan fingerprint density at radius 2 is 1.72 bits per heavy atom. The maximum Gasteiger partial charge on any atom is 0.344 e. The molecule has 4 rings (SSSR count). The molecule has 0 bridgehead atoms. The second kappa shape index (κ2) is 9.22. The van der Waals surface area contributed by atoms with Gasteiger partial charge in [-0.1, -0.05) is 36.4 Å². The number of amides is 1. The number of para-hydroxylation sites is 1. The smallest absolute Gasteiger partial charge is 0.344 e. The second-order valence-electron chi connectivity index (χ2n) is 7.00. The van der Waals surface area contributed by atoms with Crippen LogP contribution in [0.25, 0.3) is 28.2 Å². The summed E-state index contributed by atoms with van der Waals surface area (Å²) in [5.74, 6) is 0.887. The molecule has 32 heavy (non-hydrogen) atoms. The van der Waals surface area contributed by atoms with Gasteiger partial charge in [-0.25, -0.2) is 4.79 Å². The van der Waals surface area contributed by atoms with E-state index in [4.69, 9.17) is 13.9 Å². The van der Waals surface area contributed by atoms with Crippen LogP contribution >= 0.6 is 0 Å². The number of hydrogen-bond acceptors (Lipinski definition) is 5. The van der Waals surface area contributed by atoms with E-state index in [0.29, 0.717) is 28.1 Å². The van der Waals surface area contributed by atoms with E-state index in [1.54, 1.807) is 43.5 Å². The molecule has 6 nitrogen and oxygen atoms in total. The van der Waals surface area contributed by atoms with E-state index in [2.05, 4.69) is 5.32 Å². The van der Waals surface area contributed by atoms with Crippen LogP contribution in [0.4, 0.5) is 5.69 Å². The van der Waals surface area contributed by atoms with Crippen molar-refractivity contribution in [1.29, 1.82) is 0 Å². The highest BCUT2D eigenvalue weighted by molar-refractivity contribution is 6.03. The predicted molar refractivity (Wildman–Crippen MR) is 125 cm³/mol. The van der Waals surface area contributed by atoms with Crippen molar-refractivity contribution in [3.05, 3.63) is 94.9 Å². The molecule has 0 radical (unpaired) electrons. The zero-order valence-corrected chi connectivity index (χ0v) is 17.6. The summed E-state index contributed by atoms with van der Waals surface area (Å²) in [4.78, 5) is 25.0. The molecule has 0 atom stereocenters. The first-order valence-electron chi connectivity index (χ1n) is 9.92. The minimum absolute atomic E-state index is 0.332. The largest absolute Gasteiger partial charge is 0.497 e. The zero-order valence-electron chi connectivity index (χ0n) is 17.6. The van der Waals surface area contributed by atoms with Crippen LogP contribution in [-0.4, -0.2) is 20.1 Å². The van der Waals surface area contributed by atoms with Crippen molar-refractivity contribution in [2.45, 2.75) is 0 Å². The Balaban J connectivity index is 1.61. The van der Waals surface area contributed by atoms with Crippen molar-refractivity contribution in [2.75, 3.05) is 19.5 Å². The number of benzene rings is 3. The Labute approximate surface area is 184 Å². The van der Waals surface area contributed by atoms with E-state index < -0.39 is 5.63 Å². The lowest BCUT2D eigenvalue weighted by atomic mass is 10.0. The molecule has 0 saturated heterocycles. The first kappa shape index (κ1) is 20.9. The van der Waals surface area contributed by atoms with E-state index in [1.165, 1.54) is 13.2 Å². The first-order valence-corrected chi connectivity index (χ1v) is 9.92. The van der Waals surface area contributed by atoms with Gasteiger partial charge in [0.15, 0.2) is 0 Å². The summed E-state index contributed by atoms with van der Waals surface area (Å²) < 4.78 is 15.9. The molecule has 0 aliphatic heterocycles. The van der Waals surface area contributed by atoms with Crippen molar-refractivity contribution in [1.82, 2.24) is 0 Å². The molecule has 0 fully saturated rings. The van der Waals surface area contributed by atoms with Crippen LogP contribution in [0, 0.1) is 0 Å². The summed E-state index contributed by atoms with van der Waals surface area (Å²) in [5.41, 5.74) is 2.38. The van der Waals surface area contributed by atoms with Gasteiger partial charge >= 0.3 is 5.63 Å². The summed E-state index contributed by atoms with van der Waals surface area (Å²) in [6, 6.07) is 21.6. The van der Waals surface area contributed by atoms with Crippen LogP contribution in [0.1, 0.15) is 5.56 Å². The fourth-order valence-corrected chi connectivity index (χ4v) is 3.30. The highest BCUT2D eigenvalue weighted by atomic mass is 16.5. The van der Waals surface area contributed by atoms with E-state index in [0.717, 1.165) is 16.7 Å². The quantitative estimate of drug-likeness (QED) is 0.341. The molecule has 6 heteroatoms. The van der Waals surface area contributed by atoms with Gasteiger partial charge in [0, 0.05) is 11.5 Å². The highest BCUT2D eigenvalue weighted by Crippen LogP contribution is 2.30. The number of anilines is 1. The summed E-state index contributed by atoms with van der Waals surface area (Å²) in [6.45, 7) is 0. The Kier molecular flexibility index (Phi) is 6.03. The van der Waals surface area contributed by atoms with Gasteiger partial charge in [-0.05, 0) is 53.6 Å². The molecule has 0 aliphatic carbocycles. The SMILES string of the molecule is COc1ccc(C=CC(=O)Nc2cc(-c3cc4ccccc4oc3=O)ccc2OC)cc1. The number of hydrogen-bond donors (Lipinski definition) is 1. The number of ether oxygens (including phenoxy) is 2. The van der Waals surface area contributed by atoms with E-state index in [1.807, 2.05) is 42.5 Å². The molecule has 4 aromatic rings. The van der Waals surface area contributed by atoms with Gasteiger partial charge in [0.2, 0.25) is 5.91 Å². The molecule has 1 amide bonds. The van der Waals surface area contributed by atoms with Crippen molar-refractivity contribution in [3.63, 3.8) is 0 Å². The monoisotopic (exact) mass is 427 g/mol. The topological polar surface area (TPSA) is 77.8 Å². The minimum atomic E-state index is -0.453. The van der Waals surface area contributed by atoms with Gasteiger partial charge in [0.1, 0.15) is 17.1 Å². The average Bonchev–Trinajstić information content (AvgIpc) is 2.82. The van der Waals surface area contributed by atoms with Crippen molar-refractivity contribution >= 4 is 28.6 Å². The molecule has 0 spiro atoms. The maximum atomic E-state index is 12.5. The van der Waals surface area contributed by atoms with E-state index in [-0.39, 0.29) is 5.91 Å². The molecule has 1 heterocycles. The number of carbonyl (C=O) groups is 1. The van der Waals surface area contributed by atoms with Crippen LogP contribution < -0.4 is 20.4 Å². The van der Waals surface area contributed by atoms with Crippen LogP contribution in [-0.2, 0) is 4.79 Å². The molecule has 0 saturated carbocycles. The predicted octanol–water partition coefficient (Wildman–Crippen LogP) is 5.13. The third-order valence-electron chi connectivity index (χ3n) is 4.95. The van der Waals surface area contributed by atoms with E-state index >= 15 is 0 Å². The zero-order chi connectivity index (χ0) is 22.5. The minimum Gasteiger partial charge on any atom is -0.497 e. The summed E-state index contributed by atoms with van der Waals surface area (Å²) >= 11 is 0. The van der Waals surface area contributed by atoms with Crippen molar-refractivity contribution in [3.8, 4) is 22.6 Å². The fraction of sp³-hybridized carbons (Fsp3) is 0.0769. The third-order valence-corrected chi connectivity index (χ3v) is 4.95. The molecule has 0 unspecified atom stereocenters.